The van der Waals surface area contributed by atoms with E-state index in [1.54, 1.807) is 0 Å². The van der Waals surface area contributed by atoms with E-state index in [9.17, 15) is 0 Å². The van der Waals surface area contributed by atoms with E-state index in [2.05, 4.69) is 26.1 Å². The van der Waals surface area contributed by atoms with Gasteiger partial charge < -0.3 is 19.5 Å². The highest BCUT2D eigenvalue weighted by atomic mass is 16.5. The van der Waals surface area contributed by atoms with Crippen LogP contribution in [-0.4, -0.2) is 25.4 Å². The molecule has 0 amide bonds. The summed E-state index contributed by atoms with van der Waals surface area (Å²) in [5, 5.41) is 3.58. The lowest BCUT2D eigenvalue weighted by molar-refractivity contribution is 0.0429. The molecule has 0 spiro atoms. The Bertz CT molecular complexity index is 503. The number of hydrogen-bond donors (Lipinski definition) is 1. The maximum absolute atomic E-state index is 6.32. The van der Waals surface area contributed by atoms with E-state index in [-0.39, 0.29) is 11.6 Å². The molecule has 4 heteroatoms. The minimum atomic E-state index is -0.159. The van der Waals surface area contributed by atoms with Gasteiger partial charge in [0.05, 0.1) is 18.8 Å². The molecule has 1 heterocycles. The Morgan fingerprint density at radius 3 is 2.50 bits per heavy atom. The van der Waals surface area contributed by atoms with E-state index < -0.39 is 0 Å². The number of benzene rings is 1. The lowest BCUT2D eigenvalue weighted by atomic mass is 9.86. The van der Waals surface area contributed by atoms with Crippen LogP contribution in [0, 0.1) is 0 Å². The number of ether oxygens (including phenoxy) is 3. The minimum absolute atomic E-state index is 0.159. The highest BCUT2D eigenvalue weighted by Crippen LogP contribution is 2.47. The molecule has 124 valence electrons. The van der Waals surface area contributed by atoms with E-state index in [0.717, 1.165) is 42.2 Å². The summed E-state index contributed by atoms with van der Waals surface area (Å²) in [6.45, 7) is 12.6. The molecule has 1 aliphatic rings. The number of fused-ring (bicyclic) bond motifs is 1. The van der Waals surface area contributed by atoms with Crippen molar-refractivity contribution in [1.82, 2.24) is 5.32 Å². The molecule has 0 aromatic heterocycles. The Hall–Kier alpha value is -1.42. The summed E-state index contributed by atoms with van der Waals surface area (Å²) in [4.78, 5) is 0. The third-order valence-corrected chi connectivity index (χ3v) is 4.23. The molecule has 4 nitrogen and oxygen atoms in total. The van der Waals surface area contributed by atoms with Crippen molar-refractivity contribution in [1.29, 1.82) is 0 Å². The van der Waals surface area contributed by atoms with E-state index in [0.29, 0.717) is 13.2 Å². The zero-order valence-electron chi connectivity index (χ0n) is 14.5. The minimum Gasteiger partial charge on any atom is -0.494 e. The van der Waals surface area contributed by atoms with Crippen LogP contribution < -0.4 is 19.5 Å². The van der Waals surface area contributed by atoms with Gasteiger partial charge in [-0.1, -0.05) is 13.8 Å². The summed E-state index contributed by atoms with van der Waals surface area (Å²) in [5.74, 6) is 2.56. The predicted molar refractivity (Wildman–Crippen MR) is 89.1 cm³/mol. The van der Waals surface area contributed by atoms with Crippen LogP contribution in [0.25, 0.3) is 0 Å². The van der Waals surface area contributed by atoms with Crippen LogP contribution >= 0.6 is 0 Å². The first kappa shape index (κ1) is 16.9. The van der Waals surface area contributed by atoms with Gasteiger partial charge in [0.2, 0.25) is 0 Å². The monoisotopic (exact) mass is 307 g/mol. The van der Waals surface area contributed by atoms with Gasteiger partial charge in [-0.3, -0.25) is 0 Å². The molecule has 2 unspecified atom stereocenters. The van der Waals surface area contributed by atoms with Crippen molar-refractivity contribution >= 4 is 0 Å². The molecule has 0 radical (unpaired) electrons. The first-order valence-corrected chi connectivity index (χ1v) is 8.42. The molecule has 1 aliphatic heterocycles. The molecule has 1 aromatic carbocycles. The fraction of sp³-hybridized carbons (Fsp3) is 0.667. The largest absolute Gasteiger partial charge is 0.494 e. The summed E-state index contributed by atoms with van der Waals surface area (Å²) >= 11 is 0. The average Bonchev–Trinajstić information content (AvgIpc) is 2.47. The molecule has 0 fully saturated rings. The first-order valence-electron chi connectivity index (χ1n) is 8.42. The van der Waals surface area contributed by atoms with E-state index in [1.807, 2.05) is 26.0 Å². The van der Waals surface area contributed by atoms with Gasteiger partial charge in [0.1, 0.15) is 22.8 Å². The van der Waals surface area contributed by atoms with Gasteiger partial charge in [0.25, 0.3) is 0 Å². The lowest BCUT2D eigenvalue weighted by Crippen LogP contribution is -2.41. The van der Waals surface area contributed by atoms with Crippen LogP contribution in [0.4, 0.5) is 0 Å². The molecule has 22 heavy (non-hydrogen) atoms. The molecule has 0 bridgehead atoms. The van der Waals surface area contributed by atoms with Gasteiger partial charge in [0, 0.05) is 24.6 Å². The second-order valence-electron chi connectivity index (χ2n) is 5.92. The average molecular weight is 307 g/mol. The second kappa shape index (κ2) is 7.23. The lowest BCUT2D eigenvalue weighted by Gasteiger charge is -2.40. The fourth-order valence-electron chi connectivity index (χ4n) is 3.01. The molecular weight excluding hydrogens is 278 g/mol. The summed E-state index contributed by atoms with van der Waals surface area (Å²) in [6, 6.07) is 4.23. The number of rotatable bonds is 7. The zero-order valence-corrected chi connectivity index (χ0v) is 14.5. The van der Waals surface area contributed by atoms with E-state index in [4.69, 9.17) is 14.2 Å². The SMILES string of the molecule is CCNC1CC(C)(CC)Oc2cc(OCC)cc(OCC)c21. The van der Waals surface area contributed by atoms with Crippen molar-refractivity contribution in [2.75, 3.05) is 19.8 Å². The van der Waals surface area contributed by atoms with Gasteiger partial charge >= 0.3 is 0 Å². The van der Waals surface area contributed by atoms with Crippen LogP contribution in [0.3, 0.4) is 0 Å². The Labute approximate surface area is 134 Å². The van der Waals surface area contributed by atoms with Gasteiger partial charge in [-0.2, -0.15) is 0 Å². The number of nitrogens with one attached hydrogen (secondary N) is 1. The predicted octanol–water partition coefficient (Wildman–Crippen LogP) is 4.09. The molecule has 1 aromatic rings. The van der Waals surface area contributed by atoms with Gasteiger partial charge in [-0.15, -0.1) is 0 Å². The van der Waals surface area contributed by atoms with E-state index in [1.165, 1.54) is 0 Å². The van der Waals surface area contributed by atoms with Crippen LogP contribution in [0.15, 0.2) is 12.1 Å². The van der Waals surface area contributed by atoms with Crippen molar-refractivity contribution in [2.45, 2.75) is 59.1 Å². The molecule has 2 atom stereocenters. The summed E-state index contributed by atoms with van der Waals surface area (Å²) in [5.41, 5.74) is 0.965. The third kappa shape index (κ3) is 3.49. The highest BCUT2D eigenvalue weighted by Gasteiger charge is 2.38. The molecule has 0 aliphatic carbocycles. The Balaban J connectivity index is 2.50. The third-order valence-electron chi connectivity index (χ3n) is 4.23. The molecule has 2 rings (SSSR count). The summed E-state index contributed by atoms with van der Waals surface area (Å²) < 4.78 is 17.9. The van der Waals surface area contributed by atoms with Crippen LogP contribution in [0.1, 0.15) is 59.1 Å². The zero-order chi connectivity index (χ0) is 16.2. The quantitative estimate of drug-likeness (QED) is 0.823. The van der Waals surface area contributed by atoms with Crippen LogP contribution in [0.5, 0.6) is 17.2 Å². The van der Waals surface area contributed by atoms with Crippen molar-refractivity contribution in [3.8, 4) is 17.2 Å². The summed E-state index contributed by atoms with van der Waals surface area (Å²) in [7, 11) is 0. The van der Waals surface area contributed by atoms with Gasteiger partial charge in [0.15, 0.2) is 0 Å². The summed E-state index contributed by atoms with van der Waals surface area (Å²) in [6.07, 6.45) is 1.91. The van der Waals surface area contributed by atoms with Gasteiger partial charge in [-0.25, -0.2) is 0 Å². The normalized spacial score (nSPS) is 23.6. The topological polar surface area (TPSA) is 39.7 Å². The fourth-order valence-corrected chi connectivity index (χ4v) is 3.01. The Morgan fingerprint density at radius 1 is 1.18 bits per heavy atom. The van der Waals surface area contributed by atoms with E-state index >= 15 is 0 Å². The molecule has 0 saturated heterocycles. The second-order valence-corrected chi connectivity index (χ2v) is 5.92. The smallest absolute Gasteiger partial charge is 0.132 e. The van der Waals surface area contributed by atoms with Crippen molar-refractivity contribution < 1.29 is 14.2 Å². The number of hydrogen-bond acceptors (Lipinski definition) is 4. The maximum atomic E-state index is 6.32. The molecular formula is C18H29NO3. The molecule has 0 saturated carbocycles. The molecule has 1 N–H and O–H groups in total. The first-order chi connectivity index (χ1) is 10.6. The van der Waals surface area contributed by atoms with Crippen molar-refractivity contribution in [2.24, 2.45) is 0 Å². The maximum Gasteiger partial charge on any atom is 0.132 e. The van der Waals surface area contributed by atoms with Gasteiger partial charge in [-0.05, 0) is 33.7 Å². The van der Waals surface area contributed by atoms with Crippen LogP contribution in [-0.2, 0) is 0 Å². The standard InChI is InChI=1S/C18H29NO3/c1-6-18(5)12-14(19-7-2)17-15(21-9-4)10-13(20-8-3)11-16(17)22-18/h10-11,14,19H,6-9,12H2,1-5H3. The Morgan fingerprint density at radius 2 is 1.91 bits per heavy atom. The van der Waals surface area contributed by atoms with Crippen molar-refractivity contribution in [3.63, 3.8) is 0 Å². The van der Waals surface area contributed by atoms with Crippen molar-refractivity contribution in [3.05, 3.63) is 17.7 Å². The highest BCUT2D eigenvalue weighted by molar-refractivity contribution is 5.54. The van der Waals surface area contributed by atoms with Crippen LogP contribution in [0.2, 0.25) is 0 Å². The Kier molecular flexibility index (Phi) is 5.57.